The highest BCUT2D eigenvalue weighted by atomic mass is 19.1. The van der Waals surface area contributed by atoms with Gasteiger partial charge in [0.2, 0.25) is 6.79 Å². The van der Waals surface area contributed by atoms with E-state index in [1.54, 1.807) is 0 Å². The number of hydrogen-bond donors (Lipinski definition) is 2. The summed E-state index contributed by atoms with van der Waals surface area (Å²) in [6.07, 6.45) is 1.43. The van der Waals surface area contributed by atoms with Crippen LogP contribution in [0.4, 0.5) is 14.9 Å². The fourth-order valence-electron chi connectivity index (χ4n) is 2.01. The molecular weight excluding hydrogens is 371 g/mol. The van der Waals surface area contributed by atoms with E-state index in [2.05, 4.69) is 25.6 Å². The van der Waals surface area contributed by atoms with E-state index in [4.69, 9.17) is 4.74 Å². The second-order valence-electron chi connectivity index (χ2n) is 5.36. The molecule has 0 saturated carbocycles. The molecule has 0 aliphatic rings. The van der Waals surface area contributed by atoms with Gasteiger partial charge in [-0.2, -0.15) is 5.10 Å². The number of hydrazone groups is 1. The van der Waals surface area contributed by atoms with Gasteiger partial charge >= 0.3 is 18.0 Å². The van der Waals surface area contributed by atoms with Crippen molar-refractivity contribution >= 4 is 29.4 Å². The number of hydrogen-bond acceptors (Lipinski definition) is 7. The lowest BCUT2D eigenvalue weighted by Crippen LogP contribution is -2.26. The Kier molecular flexibility index (Phi) is 7.14. The summed E-state index contributed by atoms with van der Waals surface area (Å²) in [5.41, 5.74) is 2.93. The van der Waals surface area contributed by atoms with Gasteiger partial charge in [0.05, 0.1) is 11.3 Å². The quantitative estimate of drug-likeness (QED) is 0.340. The lowest BCUT2D eigenvalue weighted by atomic mass is 10.1. The van der Waals surface area contributed by atoms with Gasteiger partial charge < -0.3 is 14.8 Å². The largest absolute Gasteiger partial charge is 0.428 e. The zero-order valence-electron chi connectivity index (χ0n) is 15.1. The van der Waals surface area contributed by atoms with Gasteiger partial charge in [0.25, 0.3) is 0 Å². The molecule has 0 spiro atoms. The molecule has 146 valence electrons. The Morgan fingerprint density at radius 2 is 1.93 bits per heavy atom. The standard InChI is InChI=1S/C18H17FN4O5/c1-11(22-23-18(26)21-14-6-3-5-13(19)9-14)16-15(7-4-8-20-16)17(25)28-10-27-12(2)24/h3-9H,10H2,1-2H3,(H2,21,23,26). The summed E-state index contributed by atoms with van der Waals surface area (Å²) in [5.74, 6) is -1.86. The lowest BCUT2D eigenvalue weighted by molar-refractivity contribution is -0.149. The first-order chi connectivity index (χ1) is 13.4. The Balaban J connectivity index is 2.04. The number of rotatable bonds is 6. The van der Waals surface area contributed by atoms with Gasteiger partial charge in [-0.25, -0.2) is 19.4 Å². The van der Waals surface area contributed by atoms with Crippen LogP contribution in [0, 0.1) is 5.82 Å². The minimum absolute atomic E-state index is 0.0724. The summed E-state index contributed by atoms with van der Waals surface area (Å²) in [6, 6.07) is 7.60. The van der Waals surface area contributed by atoms with Crippen LogP contribution < -0.4 is 10.7 Å². The number of pyridine rings is 1. The average Bonchev–Trinajstić information content (AvgIpc) is 2.65. The molecule has 0 bridgehead atoms. The number of aromatic nitrogens is 1. The second kappa shape index (κ2) is 9.76. The zero-order chi connectivity index (χ0) is 20.5. The molecule has 0 atom stereocenters. The van der Waals surface area contributed by atoms with Crippen LogP contribution in [0.3, 0.4) is 0 Å². The van der Waals surface area contributed by atoms with E-state index in [-0.39, 0.29) is 22.7 Å². The number of benzene rings is 1. The van der Waals surface area contributed by atoms with Crippen LogP contribution in [0.25, 0.3) is 0 Å². The van der Waals surface area contributed by atoms with Crippen LogP contribution in [-0.4, -0.2) is 35.5 Å². The number of carbonyl (C=O) groups is 3. The van der Waals surface area contributed by atoms with Crippen LogP contribution in [0.1, 0.15) is 29.9 Å². The first-order valence-electron chi connectivity index (χ1n) is 7.99. The minimum atomic E-state index is -0.775. The number of amides is 2. The summed E-state index contributed by atoms with van der Waals surface area (Å²) < 4.78 is 22.5. The molecular formula is C18H17FN4O5. The maximum atomic E-state index is 13.1. The number of nitrogens with zero attached hydrogens (tertiary/aromatic N) is 2. The first kappa shape index (κ1) is 20.5. The number of halogens is 1. The van der Waals surface area contributed by atoms with Crippen molar-refractivity contribution in [3.05, 3.63) is 59.7 Å². The molecule has 10 heteroatoms. The fourth-order valence-corrected chi connectivity index (χ4v) is 2.01. The normalized spacial score (nSPS) is 10.8. The second-order valence-corrected chi connectivity index (χ2v) is 5.36. The fraction of sp³-hybridized carbons (Fsp3) is 0.167. The summed E-state index contributed by atoms with van der Waals surface area (Å²) in [6.45, 7) is 2.17. The third-order valence-corrected chi connectivity index (χ3v) is 3.23. The van der Waals surface area contributed by atoms with E-state index in [0.29, 0.717) is 0 Å². The molecule has 28 heavy (non-hydrogen) atoms. The molecule has 2 rings (SSSR count). The topological polar surface area (TPSA) is 119 Å². The monoisotopic (exact) mass is 388 g/mol. The Bertz CT molecular complexity index is 916. The van der Waals surface area contributed by atoms with Gasteiger partial charge in [0.1, 0.15) is 11.5 Å². The number of anilines is 1. The number of esters is 2. The molecule has 0 aliphatic carbocycles. The third-order valence-electron chi connectivity index (χ3n) is 3.23. The van der Waals surface area contributed by atoms with Crippen LogP contribution in [0.2, 0.25) is 0 Å². The van der Waals surface area contributed by atoms with E-state index in [0.717, 1.165) is 6.07 Å². The summed E-state index contributed by atoms with van der Waals surface area (Å²) in [5, 5.41) is 6.28. The van der Waals surface area contributed by atoms with Crippen LogP contribution >= 0.6 is 0 Å². The van der Waals surface area contributed by atoms with Crippen molar-refractivity contribution in [2.45, 2.75) is 13.8 Å². The van der Waals surface area contributed by atoms with Gasteiger partial charge in [0.15, 0.2) is 0 Å². The molecule has 9 nitrogen and oxygen atoms in total. The van der Waals surface area contributed by atoms with E-state index in [9.17, 15) is 18.8 Å². The van der Waals surface area contributed by atoms with Gasteiger partial charge in [0, 0.05) is 18.8 Å². The zero-order valence-corrected chi connectivity index (χ0v) is 15.1. The summed E-state index contributed by atoms with van der Waals surface area (Å²) >= 11 is 0. The number of urea groups is 1. The third kappa shape index (κ3) is 6.16. The Morgan fingerprint density at radius 3 is 2.64 bits per heavy atom. The van der Waals surface area contributed by atoms with Crippen molar-refractivity contribution < 1.29 is 28.2 Å². The molecule has 2 N–H and O–H groups in total. The van der Waals surface area contributed by atoms with Crippen LogP contribution in [0.15, 0.2) is 47.7 Å². The molecule has 1 heterocycles. The predicted octanol–water partition coefficient (Wildman–Crippen LogP) is 2.44. The van der Waals surface area contributed by atoms with E-state index >= 15 is 0 Å². The van der Waals surface area contributed by atoms with Gasteiger partial charge in [-0.15, -0.1) is 0 Å². The molecule has 2 aromatic rings. The number of ether oxygens (including phenoxy) is 2. The molecule has 1 aromatic heterocycles. The molecule has 0 radical (unpaired) electrons. The van der Waals surface area contributed by atoms with Crippen molar-refractivity contribution in [1.29, 1.82) is 0 Å². The minimum Gasteiger partial charge on any atom is -0.428 e. The van der Waals surface area contributed by atoms with Crippen molar-refractivity contribution in [3.8, 4) is 0 Å². The van der Waals surface area contributed by atoms with Gasteiger partial charge in [-0.1, -0.05) is 6.07 Å². The van der Waals surface area contributed by atoms with E-state index in [1.165, 1.54) is 50.4 Å². The van der Waals surface area contributed by atoms with Crippen molar-refractivity contribution in [2.24, 2.45) is 5.10 Å². The number of nitrogens with one attached hydrogen (secondary N) is 2. The molecule has 1 aromatic carbocycles. The molecule has 0 saturated heterocycles. The SMILES string of the molecule is CC(=O)OCOC(=O)c1cccnc1C(C)=NNC(=O)Nc1cccc(F)c1. The molecule has 0 aliphatic heterocycles. The maximum absolute atomic E-state index is 13.1. The Morgan fingerprint density at radius 1 is 1.14 bits per heavy atom. The smallest absolute Gasteiger partial charge is 0.343 e. The van der Waals surface area contributed by atoms with Crippen LogP contribution in [0.5, 0.6) is 0 Å². The number of carbonyl (C=O) groups excluding carboxylic acids is 3. The summed E-state index contributed by atoms with van der Waals surface area (Å²) in [4.78, 5) is 38.8. The summed E-state index contributed by atoms with van der Waals surface area (Å²) in [7, 11) is 0. The van der Waals surface area contributed by atoms with Crippen molar-refractivity contribution in [2.75, 3.05) is 12.1 Å². The van der Waals surface area contributed by atoms with Gasteiger partial charge in [-0.05, 0) is 37.3 Å². The Labute approximate surface area is 159 Å². The lowest BCUT2D eigenvalue weighted by Gasteiger charge is -2.09. The van der Waals surface area contributed by atoms with Crippen LogP contribution in [-0.2, 0) is 14.3 Å². The predicted molar refractivity (Wildman–Crippen MR) is 97.1 cm³/mol. The van der Waals surface area contributed by atoms with Gasteiger partial charge in [-0.3, -0.25) is 9.78 Å². The van der Waals surface area contributed by atoms with E-state index < -0.39 is 30.6 Å². The molecule has 0 fully saturated rings. The maximum Gasteiger partial charge on any atom is 0.343 e. The van der Waals surface area contributed by atoms with E-state index in [1.807, 2.05) is 0 Å². The van der Waals surface area contributed by atoms with Crippen molar-refractivity contribution in [3.63, 3.8) is 0 Å². The highest BCUT2D eigenvalue weighted by Gasteiger charge is 2.16. The highest BCUT2D eigenvalue weighted by Crippen LogP contribution is 2.10. The first-order valence-corrected chi connectivity index (χ1v) is 7.99. The molecule has 0 unspecified atom stereocenters. The highest BCUT2D eigenvalue weighted by molar-refractivity contribution is 6.06. The molecule has 2 amide bonds. The Hall–Kier alpha value is -3.82. The average molecular weight is 388 g/mol. The van der Waals surface area contributed by atoms with Crippen molar-refractivity contribution in [1.82, 2.24) is 10.4 Å².